The predicted molar refractivity (Wildman–Crippen MR) is 108 cm³/mol. The molecule has 0 spiro atoms. The Morgan fingerprint density at radius 3 is 2.28 bits per heavy atom. The molecule has 1 fully saturated rings. The van der Waals surface area contributed by atoms with E-state index >= 15 is 0 Å². The number of fused-ring (bicyclic) bond motifs is 1. The van der Waals surface area contributed by atoms with Crippen molar-refractivity contribution in [2.75, 3.05) is 0 Å². The topological polar surface area (TPSA) is 190 Å². The third-order valence-corrected chi connectivity index (χ3v) is 5.23. The number of aromatic hydroxyl groups is 4. The summed E-state index contributed by atoms with van der Waals surface area (Å²) in [5.74, 6) is -2.87. The van der Waals surface area contributed by atoms with Crippen LogP contribution in [0.15, 0.2) is 39.5 Å². The van der Waals surface area contributed by atoms with Gasteiger partial charge in [-0.1, -0.05) is 0 Å². The van der Waals surface area contributed by atoms with Gasteiger partial charge in [-0.3, -0.25) is 4.79 Å². The normalized spacial score (nSPS) is 25.7. The van der Waals surface area contributed by atoms with Crippen molar-refractivity contribution in [3.05, 3.63) is 40.6 Å². The highest BCUT2D eigenvalue weighted by Crippen LogP contribution is 2.43. The molecule has 1 aromatic heterocycles. The molecule has 0 unspecified atom stereocenters. The number of phenols is 4. The number of aliphatic hydroxyl groups excluding tert-OH is 3. The van der Waals surface area contributed by atoms with Crippen LogP contribution in [0.2, 0.25) is 0 Å². The van der Waals surface area contributed by atoms with Gasteiger partial charge in [0.1, 0.15) is 35.0 Å². The van der Waals surface area contributed by atoms with Gasteiger partial charge in [-0.15, -0.1) is 0 Å². The van der Waals surface area contributed by atoms with Crippen molar-refractivity contribution in [3.8, 4) is 40.1 Å². The Hall–Kier alpha value is -3.51. The third kappa shape index (κ3) is 3.56. The molecule has 11 heteroatoms. The second-order valence-corrected chi connectivity index (χ2v) is 7.42. The van der Waals surface area contributed by atoms with Crippen molar-refractivity contribution in [3.63, 3.8) is 0 Å². The summed E-state index contributed by atoms with van der Waals surface area (Å²) in [4.78, 5) is 12.7. The van der Waals surface area contributed by atoms with Crippen molar-refractivity contribution in [1.82, 2.24) is 0 Å². The Labute approximate surface area is 179 Å². The molecule has 0 amide bonds. The molecule has 4 rings (SSSR count). The fourth-order valence-corrected chi connectivity index (χ4v) is 3.43. The van der Waals surface area contributed by atoms with Crippen LogP contribution in [-0.2, 0) is 4.74 Å². The fourth-order valence-electron chi connectivity index (χ4n) is 3.43. The first-order valence-corrected chi connectivity index (χ1v) is 9.50. The second-order valence-electron chi connectivity index (χ2n) is 7.42. The number of aliphatic hydroxyl groups is 3. The molecule has 32 heavy (non-hydrogen) atoms. The standard InChI is InChI=1S/C21H20O11/c1-7-16(26)18(28)19(29)21(30-7)32-20-12(25)6-14-15(17(20)27)11(24)5-13(31-14)8-2-3-9(22)10(23)4-8/h2-7,16,18-19,21-23,25-29H,1H3/t7-,16-,18+,19+,21-/m0/s1. The average molecular weight is 448 g/mol. The highest BCUT2D eigenvalue weighted by Gasteiger charge is 2.43. The second kappa shape index (κ2) is 7.88. The van der Waals surface area contributed by atoms with Crippen molar-refractivity contribution in [2.24, 2.45) is 0 Å². The molecule has 2 aromatic carbocycles. The van der Waals surface area contributed by atoms with E-state index in [4.69, 9.17) is 13.9 Å². The zero-order valence-electron chi connectivity index (χ0n) is 16.5. The highest BCUT2D eigenvalue weighted by atomic mass is 16.7. The number of ether oxygens (including phenoxy) is 2. The molecule has 5 atom stereocenters. The summed E-state index contributed by atoms with van der Waals surface area (Å²) in [6.45, 7) is 1.42. The lowest BCUT2D eigenvalue weighted by atomic mass is 10.00. The van der Waals surface area contributed by atoms with E-state index in [1.807, 2.05) is 0 Å². The van der Waals surface area contributed by atoms with Crippen LogP contribution in [0.4, 0.5) is 0 Å². The lowest BCUT2D eigenvalue weighted by Crippen LogP contribution is -2.58. The summed E-state index contributed by atoms with van der Waals surface area (Å²) in [5, 5.41) is 69.5. The zero-order chi connectivity index (χ0) is 23.3. The molecule has 1 saturated heterocycles. The molecule has 0 radical (unpaired) electrons. The van der Waals surface area contributed by atoms with E-state index in [9.17, 15) is 40.5 Å². The minimum Gasteiger partial charge on any atom is -0.504 e. The summed E-state index contributed by atoms with van der Waals surface area (Å²) >= 11 is 0. The van der Waals surface area contributed by atoms with Gasteiger partial charge in [-0.25, -0.2) is 0 Å². The maximum Gasteiger partial charge on any atom is 0.229 e. The minimum atomic E-state index is -1.71. The fraction of sp³-hybridized carbons (Fsp3) is 0.286. The first-order chi connectivity index (χ1) is 15.1. The van der Waals surface area contributed by atoms with Gasteiger partial charge in [0.25, 0.3) is 0 Å². The lowest BCUT2D eigenvalue weighted by Gasteiger charge is -2.38. The molecule has 1 aliphatic heterocycles. The van der Waals surface area contributed by atoms with Crippen molar-refractivity contribution < 1.29 is 49.6 Å². The lowest BCUT2D eigenvalue weighted by molar-refractivity contribution is -0.268. The third-order valence-electron chi connectivity index (χ3n) is 5.23. The number of hydrogen-bond donors (Lipinski definition) is 7. The van der Waals surface area contributed by atoms with Gasteiger partial charge in [0, 0.05) is 17.7 Å². The molecule has 0 aliphatic carbocycles. The quantitative estimate of drug-likeness (QED) is 0.276. The Balaban J connectivity index is 1.76. The molecular formula is C21H20O11. The SMILES string of the molecule is C[C@@H]1O[C@@H](Oc2c(O)cc3oc(-c4ccc(O)c(O)c4)cc(=O)c3c2O)[C@H](O)[C@H](O)[C@H]1O. The highest BCUT2D eigenvalue weighted by molar-refractivity contribution is 5.89. The van der Waals surface area contributed by atoms with Crippen LogP contribution < -0.4 is 10.2 Å². The number of benzene rings is 2. The van der Waals surface area contributed by atoms with E-state index in [0.717, 1.165) is 12.1 Å². The van der Waals surface area contributed by atoms with Gasteiger partial charge in [0.2, 0.25) is 12.0 Å². The molecular weight excluding hydrogens is 428 g/mol. The van der Waals surface area contributed by atoms with E-state index in [0.29, 0.717) is 0 Å². The van der Waals surface area contributed by atoms with Crippen LogP contribution in [0.1, 0.15) is 6.92 Å². The number of phenolic OH excluding ortho intramolecular Hbond substituents is 4. The van der Waals surface area contributed by atoms with Gasteiger partial charge in [-0.05, 0) is 25.1 Å². The van der Waals surface area contributed by atoms with Crippen LogP contribution in [0.3, 0.4) is 0 Å². The number of hydrogen-bond acceptors (Lipinski definition) is 11. The van der Waals surface area contributed by atoms with E-state index in [2.05, 4.69) is 0 Å². The molecule has 7 N–H and O–H groups in total. The molecule has 11 nitrogen and oxygen atoms in total. The maximum absolute atomic E-state index is 12.7. The Kier molecular flexibility index (Phi) is 5.34. The Morgan fingerprint density at radius 2 is 1.59 bits per heavy atom. The summed E-state index contributed by atoms with van der Waals surface area (Å²) < 4.78 is 16.2. The molecule has 1 aliphatic rings. The summed E-state index contributed by atoms with van der Waals surface area (Å²) in [6.07, 6.45) is -7.20. The molecule has 0 saturated carbocycles. The van der Waals surface area contributed by atoms with Crippen molar-refractivity contribution in [2.45, 2.75) is 37.6 Å². The van der Waals surface area contributed by atoms with Crippen LogP contribution in [-0.4, -0.2) is 66.5 Å². The van der Waals surface area contributed by atoms with E-state index < -0.39 is 59.1 Å². The van der Waals surface area contributed by atoms with Crippen LogP contribution in [0, 0.1) is 0 Å². The summed E-state index contributed by atoms with van der Waals surface area (Å²) in [5.41, 5.74) is -0.680. The predicted octanol–water partition coefficient (Wildman–Crippen LogP) is 0.489. The largest absolute Gasteiger partial charge is 0.504 e. The molecule has 3 aromatic rings. The van der Waals surface area contributed by atoms with Gasteiger partial charge >= 0.3 is 0 Å². The van der Waals surface area contributed by atoms with Crippen molar-refractivity contribution >= 4 is 11.0 Å². The average Bonchev–Trinajstić information content (AvgIpc) is 2.74. The number of rotatable bonds is 3. The minimum absolute atomic E-state index is 0.0118. The van der Waals surface area contributed by atoms with E-state index in [-0.39, 0.29) is 28.0 Å². The Bertz CT molecular complexity index is 1230. The van der Waals surface area contributed by atoms with Gasteiger partial charge in [0.15, 0.2) is 28.4 Å². The molecule has 0 bridgehead atoms. The molecule has 170 valence electrons. The van der Waals surface area contributed by atoms with Crippen LogP contribution >= 0.6 is 0 Å². The monoisotopic (exact) mass is 448 g/mol. The van der Waals surface area contributed by atoms with Gasteiger partial charge in [-0.2, -0.15) is 0 Å². The van der Waals surface area contributed by atoms with Gasteiger partial charge < -0.3 is 49.6 Å². The van der Waals surface area contributed by atoms with Gasteiger partial charge in [0.05, 0.1) is 6.10 Å². The first-order valence-electron chi connectivity index (χ1n) is 9.50. The van der Waals surface area contributed by atoms with Crippen LogP contribution in [0.5, 0.6) is 28.7 Å². The van der Waals surface area contributed by atoms with E-state index in [1.54, 1.807) is 0 Å². The first kappa shape index (κ1) is 21.7. The molecule has 2 heterocycles. The van der Waals surface area contributed by atoms with Crippen molar-refractivity contribution in [1.29, 1.82) is 0 Å². The summed E-state index contributed by atoms with van der Waals surface area (Å²) in [7, 11) is 0. The smallest absolute Gasteiger partial charge is 0.229 e. The van der Waals surface area contributed by atoms with Crippen LogP contribution in [0.25, 0.3) is 22.3 Å². The Morgan fingerprint density at radius 1 is 0.875 bits per heavy atom. The van der Waals surface area contributed by atoms with E-state index in [1.165, 1.54) is 25.1 Å². The zero-order valence-corrected chi connectivity index (χ0v) is 16.5. The summed E-state index contributed by atoms with van der Waals surface area (Å²) in [6, 6.07) is 5.78. The maximum atomic E-state index is 12.7.